The Morgan fingerprint density at radius 3 is 2.78 bits per heavy atom. The number of thioether (sulfide) groups is 1. The first-order valence-electron chi connectivity index (χ1n) is 7.87. The van der Waals surface area contributed by atoms with E-state index in [1.165, 1.54) is 6.92 Å². The number of carbonyl (C=O) groups excluding carboxylic acids is 2. The molecule has 2 aromatic rings. The van der Waals surface area contributed by atoms with Crippen LogP contribution in [0.25, 0.3) is 6.08 Å². The molecule has 1 N–H and O–H groups in total. The van der Waals surface area contributed by atoms with Gasteiger partial charge in [-0.05, 0) is 53.2 Å². The van der Waals surface area contributed by atoms with E-state index in [-0.39, 0.29) is 17.0 Å². The number of benzene rings is 2. The van der Waals surface area contributed by atoms with Crippen LogP contribution in [0.1, 0.15) is 18.1 Å². The van der Waals surface area contributed by atoms with Gasteiger partial charge < -0.3 is 10.1 Å². The first kappa shape index (κ1) is 19.5. The third-order valence-electron chi connectivity index (χ3n) is 3.45. The van der Waals surface area contributed by atoms with Gasteiger partial charge in [0.2, 0.25) is 5.91 Å². The molecule has 0 spiro atoms. The number of nitrogens with zero attached hydrogens (tertiary/aromatic N) is 1. The third-order valence-corrected chi connectivity index (χ3v) is 5.09. The molecule has 0 aromatic heterocycles. The Balaban J connectivity index is 1.68. The molecule has 0 bridgehead atoms. The summed E-state index contributed by atoms with van der Waals surface area (Å²) in [6.07, 6.45) is 1.71. The molecule has 5 nitrogen and oxygen atoms in total. The van der Waals surface area contributed by atoms with Gasteiger partial charge in [0.25, 0.3) is 5.91 Å². The molecule has 1 aliphatic rings. The van der Waals surface area contributed by atoms with E-state index >= 15 is 0 Å². The van der Waals surface area contributed by atoms with E-state index in [9.17, 15) is 9.59 Å². The Hall–Kier alpha value is -2.28. The van der Waals surface area contributed by atoms with Gasteiger partial charge in [-0.2, -0.15) is 4.99 Å². The minimum Gasteiger partial charge on any atom is -0.489 e. The predicted molar refractivity (Wildman–Crippen MR) is 109 cm³/mol. The molecule has 138 valence electrons. The third kappa shape index (κ3) is 5.35. The summed E-state index contributed by atoms with van der Waals surface area (Å²) >= 11 is 13.0. The summed E-state index contributed by atoms with van der Waals surface area (Å²) in [4.78, 5) is 27.3. The lowest BCUT2D eigenvalue weighted by Gasteiger charge is -2.08. The van der Waals surface area contributed by atoms with Gasteiger partial charge in [-0.3, -0.25) is 9.59 Å². The summed E-state index contributed by atoms with van der Waals surface area (Å²) in [7, 11) is 0. The van der Waals surface area contributed by atoms with Crippen molar-refractivity contribution in [1.82, 2.24) is 5.32 Å². The van der Waals surface area contributed by atoms with Crippen molar-refractivity contribution >= 4 is 58.0 Å². The molecule has 1 heterocycles. The van der Waals surface area contributed by atoms with Gasteiger partial charge in [0.15, 0.2) is 5.17 Å². The van der Waals surface area contributed by atoms with Gasteiger partial charge in [0.1, 0.15) is 12.4 Å². The second kappa shape index (κ2) is 8.61. The quantitative estimate of drug-likeness (QED) is 0.729. The molecule has 3 rings (SSSR count). The number of ether oxygens (including phenoxy) is 1. The lowest BCUT2D eigenvalue weighted by Crippen LogP contribution is -2.23. The first-order chi connectivity index (χ1) is 12.9. The molecule has 0 saturated heterocycles. The SMILES string of the molecule is CC(=O)NC1=NC(=O)/C(=C/c2cccc(OCc3ccc(Cl)c(Cl)c3)c2)S1. The molecule has 0 unspecified atom stereocenters. The monoisotopic (exact) mass is 420 g/mol. The summed E-state index contributed by atoms with van der Waals surface area (Å²) < 4.78 is 5.78. The van der Waals surface area contributed by atoms with Crippen LogP contribution in [0.3, 0.4) is 0 Å². The maximum atomic E-state index is 11.9. The van der Waals surface area contributed by atoms with Gasteiger partial charge in [-0.15, -0.1) is 0 Å². The molecule has 0 radical (unpaired) electrons. The number of aliphatic imine (C=N–C) groups is 1. The van der Waals surface area contributed by atoms with Crippen LogP contribution in [0.5, 0.6) is 5.75 Å². The highest BCUT2D eigenvalue weighted by atomic mass is 35.5. The highest BCUT2D eigenvalue weighted by molar-refractivity contribution is 8.18. The van der Waals surface area contributed by atoms with Crippen LogP contribution in [-0.2, 0) is 16.2 Å². The summed E-state index contributed by atoms with van der Waals surface area (Å²) in [5, 5.41) is 3.77. The fourth-order valence-electron chi connectivity index (χ4n) is 2.25. The van der Waals surface area contributed by atoms with E-state index in [0.29, 0.717) is 27.3 Å². The summed E-state index contributed by atoms with van der Waals surface area (Å²) in [6.45, 7) is 1.70. The van der Waals surface area contributed by atoms with E-state index in [1.54, 1.807) is 18.2 Å². The minimum absolute atomic E-state index is 0.270. The van der Waals surface area contributed by atoms with Crippen LogP contribution in [0.15, 0.2) is 52.4 Å². The zero-order chi connectivity index (χ0) is 19.4. The number of hydrogen-bond donors (Lipinski definition) is 1. The number of hydrogen-bond acceptors (Lipinski definition) is 4. The van der Waals surface area contributed by atoms with Crippen LogP contribution in [0.4, 0.5) is 0 Å². The van der Waals surface area contributed by atoms with Gasteiger partial charge in [0, 0.05) is 6.92 Å². The fourth-order valence-corrected chi connectivity index (χ4v) is 3.44. The highest BCUT2D eigenvalue weighted by Gasteiger charge is 2.22. The molecule has 8 heteroatoms. The number of amidine groups is 1. The summed E-state index contributed by atoms with van der Waals surface area (Å²) in [6, 6.07) is 12.6. The van der Waals surface area contributed by atoms with Crippen molar-refractivity contribution in [2.45, 2.75) is 13.5 Å². The second-order valence-corrected chi connectivity index (χ2v) is 7.47. The van der Waals surface area contributed by atoms with Gasteiger partial charge in [-0.1, -0.05) is 41.4 Å². The van der Waals surface area contributed by atoms with E-state index in [2.05, 4.69) is 10.3 Å². The van der Waals surface area contributed by atoms with Crippen LogP contribution in [-0.4, -0.2) is 17.0 Å². The highest BCUT2D eigenvalue weighted by Crippen LogP contribution is 2.28. The summed E-state index contributed by atoms with van der Waals surface area (Å²) in [5.74, 6) is -0.00671. The molecular formula is C19H14Cl2N2O3S. The molecule has 1 aliphatic heterocycles. The fraction of sp³-hybridized carbons (Fsp3) is 0.105. The average molecular weight is 421 g/mol. The minimum atomic E-state index is -0.383. The molecule has 0 saturated carbocycles. The number of rotatable bonds is 4. The average Bonchev–Trinajstić information content (AvgIpc) is 2.94. The smallest absolute Gasteiger partial charge is 0.286 e. The molecule has 2 amide bonds. The largest absolute Gasteiger partial charge is 0.489 e. The van der Waals surface area contributed by atoms with E-state index in [4.69, 9.17) is 27.9 Å². The van der Waals surface area contributed by atoms with Crippen LogP contribution in [0, 0.1) is 0 Å². The zero-order valence-corrected chi connectivity index (χ0v) is 16.5. The van der Waals surface area contributed by atoms with E-state index < -0.39 is 0 Å². The number of carbonyl (C=O) groups is 2. The van der Waals surface area contributed by atoms with Crippen molar-refractivity contribution in [2.75, 3.05) is 0 Å². The van der Waals surface area contributed by atoms with E-state index in [0.717, 1.165) is 22.9 Å². The van der Waals surface area contributed by atoms with E-state index in [1.807, 2.05) is 30.3 Å². The van der Waals surface area contributed by atoms with Crippen molar-refractivity contribution in [1.29, 1.82) is 0 Å². The topological polar surface area (TPSA) is 67.8 Å². The Kier molecular flexibility index (Phi) is 6.21. The van der Waals surface area contributed by atoms with Gasteiger partial charge >= 0.3 is 0 Å². The number of halogens is 2. The van der Waals surface area contributed by atoms with Crippen molar-refractivity contribution < 1.29 is 14.3 Å². The zero-order valence-electron chi connectivity index (χ0n) is 14.2. The Morgan fingerprint density at radius 2 is 2.04 bits per heavy atom. The standard InChI is InChI=1S/C19H14Cl2N2O3S/c1-11(24)22-19-23-18(25)17(27-19)9-12-3-2-4-14(7-12)26-10-13-5-6-15(20)16(21)8-13/h2-9H,10H2,1H3,(H,22,23,24,25)/b17-9-. The van der Waals surface area contributed by atoms with Crippen LogP contribution >= 0.6 is 35.0 Å². The molecule has 2 aromatic carbocycles. The number of amides is 2. The maximum absolute atomic E-state index is 11.9. The predicted octanol–water partition coefficient (Wildman–Crippen LogP) is 4.68. The van der Waals surface area contributed by atoms with Crippen molar-refractivity contribution in [3.05, 3.63) is 68.5 Å². The lowest BCUT2D eigenvalue weighted by molar-refractivity contribution is -0.117. The Morgan fingerprint density at radius 1 is 1.22 bits per heavy atom. The molecular weight excluding hydrogens is 407 g/mol. The normalized spacial score (nSPS) is 15.0. The molecule has 0 aliphatic carbocycles. The molecule has 0 fully saturated rings. The Labute approximate surface area is 170 Å². The number of nitrogens with one attached hydrogen (secondary N) is 1. The van der Waals surface area contributed by atoms with Crippen molar-refractivity contribution in [2.24, 2.45) is 4.99 Å². The summed E-state index contributed by atoms with van der Waals surface area (Å²) in [5.41, 5.74) is 1.68. The van der Waals surface area contributed by atoms with Crippen molar-refractivity contribution in [3.8, 4) is 5.75 Å². The van der Waals surface area contributed by atoms with Gasteiger partial charge in [0.05, 0.1) is 15.0 Å². The van der Waals surface area contributed by atoms with Crippen molar-refractivity contribution in [3.63, 3.8) is 0 Å². The maximum Gasteiger partial charge on any atom is 0.286 e. The Bertz CT molecular complexity index is 973. The van der Waals surface area contributed by atoms with Gasteiger partial charge in [-0.25, -0.2) is 0 Å². The van der Waals surface area contributed by atoms with Crippen LogP contribution < -0.4 is 10.1 Å². The second-order valence-electron chi connectivity index (χ2n) is 5.62. The molecule has 27 heavy (non-hydrogen) atoms. The molecule has 0 atom stereocenters. The van der Waals surface area contributed by atoms with Crippen LogP contribution in [0.2, 0.25) is 10.0 Å². The lowest BCUT2D eigenvalue weighted by atomic mass is 10.2. The first-order valence-corrected chi connectivity index (χ1v) is 9.45.